The molecular formula is C13H16O3. The molecule has 1 rings (SSSR count). The molecule has 0 spiro atoms. The lowest BCUT2D eigenvalue weighted by molar-refractivity contribution is -0.134. The lowest BCUT2D eigenvalue weighted by Gasteiger charge is -2.08. The molecule has 0 heterocycles. The van der Waals surface area contributed by atoms with Crippen LogP contribution in [0.4, 0.5) is 0 Å². The highest BCUT2D eigenvalue weighted by Gasteiger charge is 1.99. The van der Waals surface area contributed by atoms with Gasteiger partial charge in [0.15, 0.2) is 0 Å². The number of carbonyl (C=O) groups excluding carboxylic acids is 1. The summed E-state index contributed by atoms with van der Waals surface area (Å²) >= 11 is 0. The number of hydrogen-bond donors (Lipinski definition) is 0. The van der Waals surface area contributed by atoms with E-state index in [1.165, 1.54) is 13.2 Å². The highest BCUT2D eigenvalue weighted by molar-refractivity contribution is 5.81. The van der Waals surface area contributed by atoms with Crippen molar-refractivity contribution in [3.8, 4) is 0 Å². The van der Waals surface area contributed by atoms with E-state index in [1.807, 2.05) is 37.3 Å². The Morgan fingerprint density at radius 1 is 1.38 bits per heavy atom. The number of benzene rings is 1. The molecular weight excluding hydrogens is 204 g/mol. The summed E-state index contributed by atoms with van der Waals surface area (Å²) in [4.78, 5) is 10.8. The minimum Gasteiger partial charge on any atom is -0.466 e. The van der Waals surface area contributed by atoms with Crippen LogP contribution >= 0.6 is 0 Å². The van der Waals surface area contributed by atoms with Crippen LogP contribution in [0.25, 0.3) is 0 Å². The van der Waals surface area contributed by atoms with Crippen molar-refractivity contribution >= 4 is 5.97 Å². The van der Waals surface area contributed by atoms with Gasteiger partial charge in [-0.25, -0.2) is 4.79 Å². The van der Waals surface area contributed by atoms with Crippen molar-refractivity contribution in [3.05, 3.63) is 48.0 Å². The van der Waals surface area contributed by atoms with Crippen molar-refractivity contribution < 1.29 is 14.3 Å². The Labute approximate surface area is 95.7 Å². The molecule has 1 atom stereocenters. The molecule has 0 N–H and O–H groups in total. The minimum atomic E-state index is -0.366. The van der Waals surface area contributed by atoms with Gasteiger partial charge in [-0.05, 0) is 18.6 Å². The first-order valence-electron chi connectivity index (χ1n) is 5.14. The lowest BCUT2D eigenvalue weighted by atomic mass is 10.2. The summed E-state index contributed by atoms with van der Waals surface area (Å²) in [6.45, 7) is 2.41. The summed E-state index contributed by atoms with van der Waals surface area (Å²) in [5.41, 5.74) is 1.11. The molecule has 0 bridgehead atoms. The van der Waals surface area contributed by atoms with Gasteiger partial charge >= 0.3 is 5.97 Å². The Hall–Kier alpha value is -1.61. The Balaban J connectivity index is 2.33. The number of rotatable bonds is 5. The van der Waals surface area contributed by atoms with Crippen LogP contribution in [0.5, 0.6) is 0 Å². The molecule has 1 aromatic rings. The fourth-order valence-electron chi connectivity index (χ4n) is 1.14. The fourth-order valence-corrected chi connectivity index (χ4v) is 1.14. The standard InChI is InChI=1S/C13H16O3/c1-11(8-9-13(14)15-2)16-10-12-6-4-3-5-7-12/h3-9,11H,10H2,1-2H3/b9-8-/t11-/m0/s1. The Kier molecular flexibility index (Phi) is 5.29. The van der Waals surface area contributed by atoms with E-state index in [2.05, 4.69) is 4.74 Å². The van der Waals surface area contributed by atoms with Gasteiger partial charge in [-0.2, -0.15) is 0 Å². The second-order valence-corrected chi connectivity index (χ2v) is 3.38. The predicted octanol–water partition coefficient (Wildman–Crippen LogP) is 2.32. The fraction of sp³-hybridized carbons (Fsp3) is 0.308. The van der Waals surface area contributed by atoms with E-state index < -0.39 is 0 Å². The maximum Gasteiger partial charge on any atom is 0.330 e. The van der Waals surface area contributed by atoms with Crippen LogP contribution in [0.3, 0.4) is 0 Å². The number of carbonyl (C=O) groups is 1. The van der Waals surface area contributed by atoms with E-state index in [9.17, 15) is 4.79 Å². The molecule has 16 heavy (non-hydrogen) atoms. The minimum absolute atomic E-state index is 0.112. The summed E-state index contributed by atoms with van der Waals surface area (Å²) < 4.78 is 10.0. The monoisotopic (exact) mass is 220 g/mol. The third-order valence-electron chi connectivity index (χ3n) is 2.06. The van der Waals surface area contributed by atoms with E-state index >= 15 is 0 Å². The highest BCUT2D eigenvalue weighted by atomic mass is 16.5. The van der Waals surface area contributed by atoms with Crippen LogP contribution in [0, 0.1) is 0 Å². The average molecular weight is 220 g/mol. The number of esters is 1. The summed E-state index contributed by atoms with van der Waals surface area (Å²) in [6, 6.07) is 9.89. The molecule has 86 valence electrons. The van der Waals surface area contributed by atoms with Gasteiger partial charge in [0, 0.05) is 6.08 Å². The van der Waals surface area contributed by atoms with Gasteiger partial charge in [0.1, 0.15) is 0 Å². The first kappa shape index (κ1) is 12.5. The van der Waals surface area contributed by atoms with Crippen molar-refractivity contribution in [2.45, 2.75) is 19.6 Å². The molecule has 0 aliphatic carbocycles. The molecule has 0 radical (unpaired) electrons. The molecule has 1 aromatic carbocycles. The van der Waals surface area contributed by atoms with Gasteiger partial charge < -0.3 is 9.47 Å². The van der Waals surface area contributed by atoms with E-state index in [4.69, 9.17) is 4.74 Å². The van der Waals surface area contributed by atoms with Crippen LogP contribution in [0.1, 0.15) is 12.5 Å². The average Bonchev–Trinajstić information content (AvgIpc) is 2.34. The first-order valence-corrected chi connectivity index (χ1v) is 5.14. The van der Waals surface area contributed by atoms with E-state index in [1.54, 1.807) is 6.08 Å². The van der Waals surface area contributed by atoms with Crippen molar-refractivity contribution in [2.75, 3.05) is 7.11 Å². The van der Waals surface area contributed by atoms with Crippen LogP contribution in [0.15, 0.2) is 42.5 Å². The third kappa shape index (κ3) is 4.75. The largest absolute Gasteiger partial charge is 0.466 e. The van der Waals surface area contributed by atoms with Crippen molar-refractivity contribution in [3.63, 3.8) is 0 Å². The molecule has 0 unspecified atom stereocenters. The first-order chi connectivity index (χ1) is 7.72. The highest BCUT2D eigenvalue weighted by Crippen LogP contribution is 2.03. The van der Waals surface area contributed by atoms with Crippen LogP contribution in [-0.2, 0) is 20.9 Å². The van der Waals surface area contributed by atoms with Gasteiger partial charge in [0.25, 0.3) is 0 Å². The molecule has 0 fully saturated rings. The number of hydrogen-bond acceptors (Lipinski definition) is 3. The van der Waals surface area contributed by atoms with Crippen LogP contribution < -0.4 is 0 Å². The zero-order valence-electron chi connectivity index (χ0n) is 9.55. The van der Waals surface area contributed by atoms with E-state index in [-0.39, 0.29) is 12.1 Å². The molecule has 0 aliphatic rings. The number of ether oxygens (including phenoxy) is 2. The quantitative estimate of drug-likeness (QED) is 0.564. The van der Waals surface area contributed by atoms with E-state index in [0.717, 1.165) is 5.56 Å². The SMILES string of the molecule is COC(=O)/C=C\[C@H](C)OCc1ccccc1. The van der Waals surface area contributed by atoms with Gasteiger partial charge in [0.05, 0.1) is 19.8 Å². The summed E-state index contributed by atoms with van der Waals surface area (Å²) in [5.74, 6) is -0.366. The zero-order valence-corrected chi connectivity index (χ0v) is 9.55. The summed E-state index contributed by atoms with van der Waals surface area (Å²) in [6.07, 6.45) is 2.93. The molecule has 0 saturated heterocycles. The predicted molar refractivity (Wildman–Crippen MR) is 61.8 cm³/mol. The maximum atomic E-state index is 10.8. The van der Waals surface area contributed by atoms with Crippen LogP contribution in [0.2, 0.25) is 0 Å². The Morgan fingerprint density at radius 3 is 2.69 bits per heavy atom. The summed E-state index contributed by atoms with van der Waals surface area (Å²) in [7, 11) is 1.35. The smallest absolute Gasteiger partial charge is 0.330 e. The molecule has 3 heteroatoms. The van der Waals surface area contributed by atoms with Crippen LogP contribution in [-0.4, -0.2) is 19.2 Å². The second-order valence-electron chi connectivity index (χ2n) is 3.38. The maximum absolute atomic E-state index is 10.8. The van der Waals surface area contributed by atoms with Gasteiger partial charge in [-0.1, -0.05) is 30.3 Å². The van der Waals surface area contributed by atoms with Gasteiger partial charge in [-0.3, -0.25) is 0 Å². The molecule has 0 amide bonds. The Bertz CT molecular complexity index is 343. The third-order valence-corrected chi connectivity index (χ3v) is 2.06. The lowest BCUT2D eigenvalue weighted by Crippen LogP contribution is -2.06. The van der Waals surface area contributed by atoms with Crippen molar-refractivity contribution in [1.82, 2.24) is 0 Å². The molecule has 0 aliphatic heterocycles. The number of methoxy groups -OCH3 is 1. The molecule has 0 saturated carbocycles. The van der Waals surface area contributed by atoms with Gasteiger partial charge in [-0.15, -0.1) is 0 Å². The van der Waals surface area contributed by atoms with Crippen molar-refractivity contribution in [2.24, 2.45) is 0 Å². The summed E-state index contributed by atoms with van der Waals surface area (Å²) in [5, 5.41) is 0. The second kappa shape index (κ2) is 6.80. The normalized spacial score (nSPS) is 12.6. The topological polar surface area (TPSA) is 35.5 Å². The zero-order chi connectivity index (χ0) is 11.8. The van der Waals surface area contributed by atoms with Gasteiger partial charge in [0.2, 0.25) is 0 Å². The van der Waals surface area contributed by atoms with Crippen molar-refractivity contribution in [1.29, 1.82) is 0 Å². The molecule has 0 aromatic heterocycles. The Morgan fingerprint density at radius 2 is 2.06 bits per heavy atom. The van der Waals surface area contributed by atoms with E-state index in [0.29, 0.717) is 6.61 Å². The molecule has 3 nitrogen and oxygen atoms in total.